The molecule has 0 saturated heterocycles. The quantitative estimate of drug-likeness (QED) is 0.908. The third-order valence-electron chi connectivity index (χ3n) is 2.93. The van der Waals surface area contributed by atoms with E-state index in [1.54, 1.807) is 31.3 Å². The average Bonchev–Trinajstić information content (AvgIpc) is 2.47. The van der Waals surface area contributed by atoms with Crippen LogP contribution in [-0.4, -0.2) is 7.05 Å². The van der Waals surface area contributed by atoms with Crippen molar-refractivity contribution in [3.8, 4) is 11.8 Å². The Balaban J connectivity index is 2.21. The normalized spacial score (nSPS) is 10.1. The lowest BCUT2D eigenvalue weighted by Gasteiger charge is -2.12. The highest BCUT2D eigenvalue weighted by molar-refractivity contribution is 5.38. The van der Waals surface area contributed by atoms with Crippen molar-refractivity contribution < 1.29 is 9.13 Å². The van der Waals surface area contributed by atoms with Crippen molar-refractivity contribution >= 4 is 0 Å². The van der Waals surface area contributed by atoms with Gasteiger partial charge in [0.25, 0.3) is 0 Å². The number of halogens is 1. The number of hydrogen-bond acceptors (Lipinski definition) is 3. The van der Waals surface area contributed by atoms with Crippen molar-refractivity contribution in [1.82, 2.24) is 5.32 Å². The molecule has 0 aliphatic carbocycles. The van der Waals surface area contributed by atoms with Crippen LogP contribution in [0, 0.1) is 17.1 Å². The van der Waals surface area contributed by atoms with Gasteiger partial charge in [0, 0.05) is 17.7 Å². The molecule has 0 aliphatic rings. The molecule has 0 atom stereocenters. The third-order valence-corrected chi connectivity index (χ3v) is 2.93. The fraction of sp³-hybridized carbons (Fsp3) is 0.188. The van der Waals surface area contributed by atoms with Gasteiger partial charge in [-0.1, -0.05) is 30.3 Å². The van der Waals surface area contributed by atoms with Gasteiger partial charge >= 0.3 is 0 Å². The maximum atomic E-state index is 13.8. The summed E-state index contributed by atoms with van der Waals surface area (Å²) in [6.45, 7) is 0.689. The highest BCUT2D eigenvalue weighted by Gasteiger charge is 2.10. The SMILES string of the molecule is CNCc1cccc(F)c1OCc1ccccc1C#N. The fourth-order valence-corrected chi connectivity index (χ4v) is 1.95. The van der Waals surface area contributed by atoms with E-state index in [2.05, 4.69) is 11.4 Å². The maximum Gasteiger partial charge on any atom is 0.165 e. The number of nitriles is 1. The molecule has 0 aromatic heterocycles. The number of benzene rings is 2. The van der Waals surface area contributed by atoms with E-state index in [4.69, 9.17) is 10.00 Å². The van der Waals surface area contributed by atoms with E-state index in [1.165, 1.54) is 6.07 Å². The Bertz CT molecular complexity index is 635. The number of hydrogen-bond donors (Lipinski definition) is 1. The van der Waals surface area contributed by atoms with Crippen LogP contribution in [0.3, 0.4) is 0 Å². The largest absolute Gasteiger partial charge is 0.485 e. The second kappa shape index (κ2) is 6.69. The number of nitrogens with one attached hydrogen (secondary N) is 1. The van der Waals surface area contributed by atoms with Gasteiger partial charge in [-0.2, -0.15) is 5.26 Å². The summed E-state index contributed by atoms with van der Waals surface area (Å²) in [4.78, 5) is 0. The zero-order valence-electron chi connectivity index (χ0n) is 11.2. The molecule has 20 heavy (non-hydrogen) atoms. The van der Waals surface area contributed by atoms with E-state index < -0.39 is 5.82 Å². The maximum absolute atomic E-state index is 13.8. The zero-order chi connectivity index (χ0) is 14.4. The average molecular weight is 270 g/mol. The lowest BCUT2D eigenvalue weighted by Crippen LogP contribution is -2.09. The number of para-hydroxylation sites is 1. The molecule has 1 N–H and O–H groups in total. The Hall–Kier alpha value is -2.38. The van der Waals surface area contributed by atoms with Gasteiger partial charge in [-0.15, -0.1) is 0 Å². The van der Waals surface area contributed by atoms with Gasteiger partial charge in [0.05, 0.1) is 11.6 Å². The van der Waals surface area contributed by atoms with E-state index in [0.29, 0.717) is 12.1 Å². The van der Waals surface area contributed by atoms with Crippen LogP contribution in [0.5, 0.6) is 5.75 Å². The van der Waals surface area contributed by atoms with Gasteiger partial charge in [-0.05, 0) is 19.2 Å². The van der Waals surface area contributed by atoms with E-state index in [0.717, 1.165) is 11.1 Å². The summed E-state index contributed by atoms with van der Waals surface area (Å²) in [6.07, 6.45) is 0. The molecule has 0 spiro atoms. The molecule has 0 bridgehead atoms. The number of rotatable bonds is 5. The van der Waals surface area contributed by atoms with Gasteiger partial charge < -0.3 is 10.1 Å². The summed E-state index contributed by atoms with van der Waals surface area (Å²) in [6, 6.07) is 14.1. The molecule has 0 amide bonds. The summed E-state index contributed by atoms with van der Waals surface area (Å²) in [5.74, 6) is -0.165. The van der Waals surface area contributed by atoms with Gasteiger partial charge in [-0.25, -0.2) is 4.39 Å². The molecule has 3 nitrogen and oxygen atoms in total. The molecule has 0 radical (unpaired) electrons. The molecule has 4 heteroatoms. The first-order valence-corrected chi connectivity index (χ1v) is 6.29. The highest BCUT2D eigenvalue weighted by atomic mass is 19.1. The third kappa shape index (κ3) is 3.14. The number of ether oxygens (including phenoxy) is 1. The fourth-order valence-electron chi connectivity index (χ4n) is 1.95. The lowest BCUT2D eigenvalue weighted by atomic mass is 10.1. The first kappa shape index (κ1) is 14.0. The van der Waals surface area contributed by atoms with E-state index in [-0.39, 0.29) is 12.4 Å². The van der Waals surface area contributed by atoms with E-state index in [1.807, 2.05) is 12.1 Å². The first-order valence-electron chi connectivity index (χ1n) is 6.29. The summed E-state index contributed by atoms with van der Waals surface area (Å²) in [5, 5.41) is 12.0. The van der Waals surface area contributed by atoms with Crippen molar-refractivity contribution in [3.05, 3.63) is 65.0 Å². The Morgan fingerprint density at radius 1 is 1.15 bits per heavy atom. The Morgan fingerprint density at radius 3 is 2.65 bits per heavy atom. The molecule has 0 saturated carbocycles. The molecular weight excluding hydrogens is 255 g/mol. The van der Waals surface area contributed by atoms with Crippen molar-refractivity contribution in [2.45, 2.75) is 13.2 Å². The molecule has 0 fully saturated rings. The standard InChI is InChI=1S/C16H15FN2O/c1-19-10-13-7-4-8-15(17)16(13)20-11-14-6-3-2-5-12(14)9-18/h2-8,19H,10-11H2,1H3. The van der Waals surface area contributed by atoms with E-state index in [9.17, 15) is 4.39 Å². The number of nitrogens with zero attached hydrogens (tertiary/aromatic N) is 1. The van der Waals surface area contributed by atoms with Crippen molar-refractivity contribution in [3.63, 3.8) is 0 Å². The van der Waals surface area contributed by atoms with Crippen molar-refractivity contribution in [2.24, 2.45) is 0 Å². The van der Waals surface area contributed by atoms with Crippen LogP contribution in [0.1, 0.15) is 16.7 Å². The topological polar surface area (TPSA) is 45.0 Å². The van der Waals surface area contributed by atoms with Crippen LogP contribution >= 0.6 is 0 Å². The van der Waals surface area contributed by atoms with Gasteiger partial charge in [0.1, 0.15) is 6.61 Å². The monoisotopic (exact) mass is 270 g/mol. The minimum atomic E-state index is -0.396. The lowest BCUT2D eigenvalue weighted by molar-refractivity contribution is 0.286. The molecule has 102 valence electrons. The van der Waals surface area contributed by atoms with Crippen LogP contribution in [0.2, 0.25) is 0 Å². The molecule has 0 unspecified atom stereocenters. The van der Waals surface area contributed by atoms with Gasteiger partial charge in [0.2, 0.25) is 0 Å². The van der Waals surface area contributed by atoms with Crippen LogP contribution in [-0.2, 0) is 13.2 Å². The predicted octanol–water partition coefficient (Wildman–Crippen LogP) is 3.00. The smallest absolute Gasteiger partial charge is 0.165 e. The molecule has 2 rings (SSSR count). The Labute approximate surface area is 117 Å². The van der Waals surface area contributed by atoms with Gasteiger partial charge in [0.15, 0.2) is 11.6 Å². The molecule has 2 aromatic rings. The van der Waals surface area contributed by atoms with E-state index >= 15 is 0 Å². The Morgan fingerprint density at radius 2 is 1.90 bits per heavy atom. The summed E-state index contributed by atoms with van der Waals surface area (Å²) >= 11 is 0. The molecule has 2 aromatic carbocycles. The summed E-state index contributed by atoms with van der Waals surface area (Å²) in [5.41, 5.74) is 2.04. The highest BCUT2D eigenvalue weighted by Crippen LogP contribution is 2.24. The summed E-state index contributed by atoms with van der Waals surface area (Å²) in [7, 11) is 1.79. The van der Waals surface area contributed by atoms with Crippen molar-refractivity contribution in [1.29, 1.82) is 5.26 Å². The van der Waals surface area contributed by atoms with Crippen LogP contribution in [0.4, 0.5) is 4.39 Å². The van der Waals surface area contributed by atoms with Crippen LogP contribution in [0.15, 0.2) is 42.5 Å². The molecule has 0 aliphatic heterocycles. The van der Waals surface area contributed by atoms with Crippen LogP contribution in [0.25, 0.3) is 0 Å². The zero-order valence-corrected chi connectivity index (χ0v) is 11.2. The second-order valence-electron chi connectivity index (χ2n) is 4.32. The molecular formula is C16H15FN2O. The minimum absolute atomic E-state index is 0.168. The Kier molecular flexibility index (Phi) is 4.70. The van der Waals surface area contributed by atoms with Crippen molar-refractivity contribution in [2.75, 3.05) is 7.05 Å². The minimum Gasteiger partial charge on any atom is -0.485 e. The molecule has 0 heterocycles. The summed E-state index contributed by atoms with van der Waals surface area (Å²) < 4.78 is 19.4. The van der Waals surface area contributed by atoms with Crippen LogP contribution < -0.4 is 10.1 Å². The first-order chi connectivity index (χ1) is 9.76. The predicted molar refractivity (Wildman–Crippen MR) is 74.7 cm³/mol. The second-order valence-corrected chi connectivity index (χ2v) is 4.32. The van der Waals surface area contributed by atoms with Gasteiger partial charge in [-0.3, -0.25) is 0 Å².